The summed E-state index contributed by atoms with van der Waals surface area (Å²) >= 11 is 0. The molecule has 0 radical (unpaired) electrons. The van der Waals surface area contributed by atoms with Crippen molar-refractivity contribution in [3.8, 4) is 28.6 Å². The van der Waals surface area contributed by atoms with Crippen LogP contribution in [0, 0.1) is 0 Å². The number of ether oxygens (including phenoxy) is 3. The molecule has 0 saturated carbocycles. The molecule has 4 rings (SSSR count). The molecule has 0 fully saturated rings. The molecule has 0 bridgehead atoms. The highest BCUT2D eigenvalue weighted by molar-refractivity contribution is 5.73. The van der Waals surface area contributed by atoms with Gasteiger partial charge in [-0.2, -0.15) is 0 Å². The highest BCUT2D eigenvalue weighted by Gasteiger charge is 2.31. The van der Waals surface area contributed by atoms with E-state index in [-0.39, 0.29) is 18.1 Å². The van der Waals surface area contributed by atoms with Gasteiger partial charge in [0.15, 0.2) is 5.82 Å². The van der Waals surface area contributed by atoms with E-state index < -0.39 is 12.0 Å². The van der Waals surface area contributed by atoms with E-state index >= 15 is 0 Å². The Morgan fingerprint density at radius 2 is 1.47 bits per heavy atom. The number of hydrogen-bond acceptors (Lipinski definition) is 6. The van der Waals surface area contributed by atoms with Crippen molar-refractivity contribution in [2.24, 2.45) is 0 Å². The van der Waals surface area contributed by atoms with E-state index in [9.17, 15) is 18.0 Å². The molecular formula is C28H26F3N3O4. The largest absolute Gasteiger partial charge is 0.573 e. The molecule has 0 spiro atoms. The van der Waals surface area contributed by atoms with Gasteiger partial charge in [0.1, 0.15) is 23.4 Å². The lowest BCUT2D eigenvalue weighted by molar-refractivity contribution is -0.274. The highest BCUT2D eigenvalue weighted by atomic mass is 19.4. The second-order valence-corrected chi connectivity index (χ2v) is 9.19. The summed E-state index contributed by atoms with van der Waals surface area (Å²) in [7, 11) is 1.61. The smallest absolute Gasteiger partial charge is 0.497 e. The number of halogens is 3. The third-order valence-corrected chi connectivity index (χ3v) is 5.57. The van der Waals surface area contributed by atoms with Gasteiger partial charge in [-0.1, -0.05) is 36.4 Å². The first-order chi connectivity index (χ1) is 18.0. The zero-order valence-corrected chi connectivity index (χ0v) is 21.0. The molecule has 0 N–H and O–H groups in total. The molecule has 4 aromatic rings. The van der Waals surface area contributed by atoms with Crippen LogP contribution in [0.2, 0.25) is 0 Å². The first-order valence-corrected chi connectivity index (χ1v) is 11.7. The Labute approximate surface area is 217 Å². The van der Waals surface area contributed by atoms with E-state index in [1.807, 2.05) is 38.1 Å². The van der Waals surface area contributed by atoms with E-state index in [1.54, 1.807) is 31.4 Å². The van der Waals surface area contributed by atoms with Gasteiger partial charge in [-0.15, -0.1) is 18.3 Å². The molecule has 7 nitrogen and oxygen atoms in total. The van der Waals surface area contributed by atoms with Crippen molar-refractivity contribution in [3.05, 3.63) is 90.3 Å². The fourth-order valence-corrected chi connectivity index (χ4v) is 3.87. The van der Waals surface area contributed by atoms with Crippen molar-refractivity contribution in [1.82, 2.24) is 14.8 Å². The third kappa shape index (κ3) is 7.34. The van der Waals surface area contributed by atoms with Gasteiger partial charge < -0.3 is 14.2 Å². The Hall–Kier alpha value is -4.34. The number of hydrogen-bond donors (Lipinski definition) is 0. The first kappa shape index (κ1) is 26.7. The normalized spacial score (nSPS) is 11.7. The average Bonchev–Trinajstić information content (AvgIpc) is 3.34. The molecule has 198 valence electrons. The van der Waals surface area contributed by atoms with Gasteiger partial charge in [0.2, 0.25) is 0 Å². The zero-order valence-electron chi connectivity index (χ0n) is 21.0. The van der Waals surface area contributed by atoms with E-state index in [0.717, 1.165) is 22.4 Å². The maximum absolute atomic E-state index is 12.6. The van der Waals surface area contributed by atoms with Crippen LogP contribution in [0.4, 0.5) is 13.2 Å². The Balaban J connectivity index is 1.34. The number of alkyl halides is 3. The van der Waals surface area contributed by atoms with Gasteiger partial charge >= 0.3 is 12.3 Å². The number of esters is 1. The van der Waals surface area contributed by atoms with Crippen molar-refractivity contribution >= 4 is 5.97 Å². The minimum Gasteiger partial charge on any atom is -0.497 e. The van der Waals surface area contributed by atoms with Crippen molar-refractivity contribution in [1.29, 1.82) is 0 Å². The number of aromatic nitrogens is 3. The van der Waals surface area contributed by atoms with Crippen molar-refractivity contribution in [2.45, 2.75) is 38.7 Å². The fourth-order valence-electron chi connectivity index (χ4n) is 3.87. The SMILES string of the molecule is COc1ccc(CC(C)(C)OC(=O)Cc2ccc(-c3ncn(-c4ccc(OC(F)(F)F)cc4)n3)cc2)cc1. The topological polar surface area (TPSA) is 75.5 Å². The Morgan fingerprint density at radius 1 is 0.868 bits per heavy atom. The lowest BCUT2D eigenvalue weighted by Crippen LogP contribution is -2.31. The van der Waals surface area contributed by atoms with Crippen LogP contribution in [0.15, 0.2) is 79.1 Å². The number of rotatable bonds is 9. The summed E-state index contributed by atoms with van der Waals surface area (Å²) in [6.45, 7) is 3.74. The number of benzene rings is 3. The minimum absolute atomic E-state index is 0.112. The summed E-state index contributed by atoms with van der Waals surface area (Å²) in [4.78, 5) is 16.9. The average molecular weight is 526 g/mol. The van der Waals surface area contributed by atoms with E-state index in [1.165, 1.54) is 35.3 Å². The zero-order chi connectivity index (χ0) is 27.3. The number of nitrogens with zero attached hydrogens (tertiary/aromatic N) is 3. The summed E-state index contributed by atoms with van der Waals surface area (Å²) in [5.41, 5.74) is 2.37. The van der Waals surface area contributed by atoms with Gasteiger partial charge in [0.25, 0.3) is 0 Å². The van der Waals surface area contributed by atoms with Crippen molar-refractivity contribution < 1.29 is 32.2 Å². The van der Waals surface area contributed by atoms with Gasteiger partial charge in [0.05, 0.1) is 19.2 Å². The molecule has 1 heterocycles. The second kappa shape index (κ2) is 11.0. The number of carbonyl (C=O) groups is 1. The summed E-state index contributed by atoms with van der Waals surface area (Å²) in [6, 6.07) is 20.1. The molecule has 0 unspecified atom stereocenters. The molecular weight excluding hydrogens is 499 g/mol. The van der Waals surface area contributed by atoms with Crippen molar-refractivity contribution in [3.63, 3.8) is 0 Å². The van der Waals surface area contributed by atoms with Crippen LogP contribution in [-0.2, 0) is 22.4 Å². The number of carbonyl (C=O) groups excluding carboxylic acids is 1. The summed E-state index contributed by atoms with van der Waals surface area (Å²) < 4.78 is 53.3. The second-order valence-electron chi connectivity index (χ2n) is 9.19. The lowest BCUT2D eigenvalue weighted by atomic mass is 9.98. The molecule has 0 saturated heterocycles. The van der Waals surface area contributed by atoms with Gasteiger partial charge in [-0.25, -0.2) is 9.67 Å². The van der Waals surface area contributed by atoms with E-state index in [4.69, 9.17) is 9.47 Å². The maximum Gasteiger partial charge on any atom is 0.573 e. The quantitative estimate of drug-likeness (QED) is 0.252. The van der Waals surface area contributed by atoms with E-state index in [2.05, 4.69) is 14.8 Å². The van der Waals surface area contributed by atoms with Gasteiger partial charge in [-0.05, 0) is 61.4 Å². The Bertz CT molecular complexity index is 1360. The van der Waals surface area contributed by atoms with Crippen LogP contribution >= 0.6 is 0 Å². The standard InChI is InChI=1S/C28H26F3N3O4/c1-27(2,17-20-6-12-23(36-3)13-7-20)38-25(35)16-19-4-8-21(9-5-19)26-32-18-34(33-26)22-10-14-24(15-11-22)37-28(29,30)31/h4-15,18H,16-17H2,1-3H3. The lowest BCUT2D eigenvalue weighted by Gasteiger charge is -2.25. The van der Waals surface area contributed by atoms with Crippen LogP contribution in [0.3, 0.4) is 0 Å². The number of methoxy groups -OCH3 is 1. The van der Waals surface area contributed by atoms with Gasteiger partial charge in [0, 0.05) is 12.0 Å². The van der Waals surface area contributed by atoms with E-state index in [0.29, 0.717) is 17.9 Å². The van der Waals surface area contributed by atoms with Crippen LogP contribution in [0.1, 0.15) is 25.0 Å². The predicted octanol–water partition coefficient (Wildman–Crippen LogP) is 5.95. The van der Waals surface area contributed by atoms with Gasteiger partial charge in [-0.3, -0.25) is 4.79 Å². The molecule has 10 heteroatoms. The molecule has 0 atom stereocenters. The fraction of sp³-hybridized carbons (Fsp3) is 0.250. The molecule has 38 heavy (non-hydrogen) atoms. The Morgan fingerprint density at radius 3 is 2.08 bits per heavy atom. The molecule has 0 aliphatic heterocycles. The monoisotopic (exact) mass is 525 g/mol. The first-order valence-electron chi connectivity index (χ1n) is 11.7. The van der Waals surface area contributed by atoms with Crippen LogP contribution in [0.25, 0.3) is 17.1 Å². The van der Waals surface area contributed by atoms with Crippen LogP contribution in [-0.4, -0.2) is 39.8 Å². The molecule has 0 amide bonds. The highest BCUT2D eigenvalue weighted by Crippen LogP contribution is 2.25. The van der Waals surface area contributed by atoms with Crippen LogP contribution < -0.4 is 9.47 Å². The molecule has 3 aromatic carbocycles. The Kier molecular flexibility index (Phi) is 7.70. The predicted molar refractivity (Wildman–Crippen MR) is 134 cm³/mol. The molecule has 0 aliphatic carbocycles. The molecule has 0 aliphatic rings. The third-order valence-electron chi connectivity index (χ3n) is 5.57. The minimum atomic E-state index is -4.75. The van der Waals surface area contributed by atoms with Crippen molar-refractivity contribution in [2.75, 3.05) is 7.11 Å². The summed E-state index contributed by atoms with van der Waals surface area (Å²) in [6.07, 6.45) is -2.61. The van der Waals surface area contributed by atoms with Crippen LogP contribution in [0.5, 0.6) is 11.5 Å². The summed E-state index contributed by atoms with van der Waals surface area (Å²) in [5, 5.41) is 4.39. The summed E-state index contributed by atoms with van der Waals surface area (Å²) in [5.74, 6) is 0.536. The maximum atomic E-state index is 12.6. The molecule has 1 aromatic heterocycles.